The van der Waals surface area contributed by atoms with Crippen LogP contribution in [0.15, 0.2) is 69.6 Å². The lowest BCUT2D eigenvalue weighted by molar-refractivity contribution is -0.384. The molecule has 0 aliphatic heterocycles. The van der Waals surface area contributed by atoms with E-state index in [2.05, 4.69) is 57.5 Å². The minimum Gasteiger partial charge on any atom is -0.436 e. The summed E-state index contributed by atoms with van der Waals surface area (Å²) < 4.78 is 6.36. The smallest absolute Gasteiger partial charge is 0.270 e. The molecular weight excluding hydrogens is 532 g/mol. The average Bonchev–Trinajstić information content (AvgIpc) is 3.27. The fourth-order valence-corrected chi connectivity index (χ4v) is 4.11. The van der Waals surface area contributed by atoms with Crippen molar-refractivity contribution in [3.05, 3.63) is 86.4 Å². The zero-order valence-corrected chi connectivity index (χ0v) is 21.3. The van der Waals surface area contributed by atoms with E-state index in [1.807, 2.05) is 24.3 Å². The number of hydrogen-bond donors (Lipinski definition) is 2. The molecule has 1 aromatic heterocycles. The van der Waals surface area contributed by atoms with Gasteiger partial charge in [0.1, 0.15) is 5.52 Å². The van der Waals surface area contributed by atoms with E-state index in [9.17, 15) is 14.9 Å². The maximum Gasteiger partial charge on any atom is 0.270 e. The largest absolute Gasteiger partial charge is 0.436 e. The number of nitro groups is 1. The number of benzene rings is 3. The van der Waals surface area contributed by atoms with Crippen LogP contribution in [0.3, 0.4) is 0 Å². The number of nitrogens with zero attached hydrogens (tertiary/aromatic N) is 2. The van der Waals surface area contributed by atoms with Gasteiger partial charge in [-0.25, -0.2) is 4.98 Å². The second-order valence-electron chi connectivity index (χ2n) is 7.97. The number of amides is 1. The van der Waals surface area contributed by atoms with E-state index in [1.165, 1.54) is 23.8 Å². The highest BCUT2D eigenvalue weighted by atomic mass is 79.9. The third-order valence-electron chi connectivity index (χ3n) is 5.59. The van der Waals surface area contributed by atoms with Crippen molar-refractivity contribution in [2.24, 2.45) is 0 Å². The number of fused-ring (bicyclic) bond motifs is 1. The normalized spacial score (nSPS) is 11.7. The van der Waals surface area contributed by atoms with E-state index in [-0.39, 0.29) is 16.4 Å². The lowest BCUT2D eigenvalue weighted by Gasteiger charge is -2.11. The second-order valence-corrected chi connectivity index (χ2v) is 9.23. The summed E-state index contributed by atoms with van der Waals surface area (Å²) in [5.74, 6) is 0.330. The van der Waals surface area contributed by atoms with Crippen LogP contribution in [0.2, 0.25) is 0 Å². The molecule has 10 heteroatoms. The number of nitro benzene ring substituents is 1. The van der Waals surface area contributed by atoms with E-state index in [1.54, 1.807) is 6.07 Å². The predicted octanol–water partition coefficient (Wildman–Crippen LogP) is 6.81. The summed E-state index contributed by atoms with van der Waals surface area (Å²) in [5, 5.41) is 16.6. The van der Waals surface area contributed by atoms with Crippen LogP contribution in [0.5, 0.6) is 0 Å². The minimum atomic E-state index is -0.578. The Morgan fingerprint density at radius 1 is 1.20 bits per heavy atom. The van der Waals surface area contributed by atoms with Crippen LogP contribution in [0.25, 0.3) is 22.6 Å². The molecule has 1 unspecified atom stereocenters. The SMILES string of the molecule is CCC(C)c1ccc2oc(-c3cccc(NC(=S)NC(=O)c4cc([N+](=O)[O-])ccc4Br)c3)nc2c1. The van der Waals surface area contributed by atoms with Gasteiger partial charge >= 0.3 is 0 Å². The number of aromatic nitrogens is 1. The number of non-ortho nitro benzene ring substituents is 1. The summed E-state index contributed by atoms with van der Waals surface area (Å²) in [5.41, 5.74) is 3.98. The number of nitrogens with one attached hydrogen (secondary N) is 2. The molecule has 0 aliphatic rings. The Morgan fingerprint density at radius 2 is 2.00 bits per heavy atom. The van der Waals surface area contributed by atoms with Crippen LogP contribution in [-0.2, 0) is 0 Å². The zero-order chi connectivity index (χ0) is 25.1. The lowest BCUT2D eigenvalue weighted by atomic mass is 9.98. The van der Waals surface area contributed by atoms with Gasteiger partial charge in [0, 0.05) is 27.9 Å². The van der Waals surface area contributed by atoms with Gasteiger partial charge in [-0.2, -0.15) is 0 Å². The van der Waals surface area contributed by atoms with E-state index >= 15 is 0 Å². The molecule has 1 heterocycles. The van der Waals surface area contributed by atoms with Crippen molar-refractivity contribution in [1.82, 2.24) is 10.3 Å². The Bertz CT molecular complexity index is 1450. The molecule has 0 aliphatic carbocycles. The maximum absolute atomic E-state index is 12.6. The van der Waals surface area contributed by atoms with Crippen molar-refractivity contribution in [2.45, 2.75) is 26.2 Å². The first kappa shape index (κ1) is 24.5. The van der Waals surface area contributed by atoms with Gasteiger partial charge < -0.3 is 9.73 Å². The lowest BCUT2D eigenvalue weighted by Crippen LogP contribution is -2.34. The topological polar surface area (TPSA) is 110 Å². The molecule has 4 rings (SSSR count). The van der Waals surface area contributed by atoms with Crippen LogP contribution < -0.4 is 10.6 Å². The predicted molar refractivity (Wildman–Crippen MR) is 143 cm³/mol. The van der Waals surface area contributed by atoms with Crippen molar-refractivity contribution in [1.29, 1.82) is 0 Å². The van der Waals surface area contributed by atoms with Crippen molar-refractivity contribution < 1.29 is 14.1 Å². The number of rotatable bonds is 6. The van der Waals surface area contributed by atoms with Gasteiger partial charge in [0.2, 0.25) is 5.89 Å². The molecule has 8 nitrogen and oxygen atoms in total. The van der Waals surface area contributed by atoms with Gasteiger partial charge in [-0.15, -0.1) is 0 Å². The number of thiocarbonyl (C=S) groups is 1. The molecule has 0 saturated carbocycles. The molecule has 1 amide bonds. The monoisotopic (exact) mass is 552 g/mol. The number of hydrogen-bond acceptors (Lipinski definition) is 6. The molecule has 0 bridgehead atoms. The van der Waals surface area contributed by atoms with Crippen LogP contribution in [0.4, 0.5) is 11.4 Å². The van der Waals surface area contributed by atoms with Gasteiger partial charge in [-0.3, -0.25) is 20.2 Å². The molecule has 1 atom stereocenters. The van der Waals surface area contributed by atoms with E-state index in [4.69, 9.17) is 16.6 Å². The van der Waals surface area contributed by atoms with Crippen LogP contribution >= 0.6 is 28.1 Å². The molecule has 0 saturated heterocycles. The third kappa shape index (κ3) is 5.55. The molecule has 0 radical (unpaired) electrons. The highest BCUT2D eigenvalue weighted by Gasteiger charge is 2.17. The van der Waals surface area contributed by atoms with Gasteiger partial charge in [0.25, 0.3) is 11.6 Å². The van der Waals surface area contributed by atoms with Crippen molar-refractivity contribution in [3.63, 3.8) is 0 Å². The summed E-state index contributed by atoms with van der Waals surface area (Å²) in [6, 6.07) is 17.3. The Labute approximate surface area is 215 Å². The second kappa shape index (κ2) is 10.3. The van der Waals surface area contributed by atoms with Gasteiger partial charge in [-0.05, 0) is 82.4 Å². The summed E-state index contributed by atoms with van der Waals surface area (Å²) in [4.78, 5) is 27.7. The number of carbonyl (C=O) groups excluding carboxylic acids is 1. The molecule has 3 aromatic carbocycles. The standard InChI is InChI=1S/C25H21BrN4O4S/c1-3-14(2)15-7-10-22-21(12-15)28-24(34-22)16-5-4-6-17(11-16)27-25(35)29-23(31)19-13-18(30(32)33)8-9-20(19)26/h4-14H,3H2,1-2H3,(H2,27,29,31,35). The number of anilines is 1. The first-order valence-electron chi connectivity index (χ1n) is 10.8. The molecule has 0 fully saturated rings. The van der Waals surface area contributed by atoms with E-state index in [0.29, 0.717) is 27.6 Å². The van der Waals surface area contributed by atoms with Crippen molar-refractivity contribution >= 4 is 61.6 Å². The number of halogens is 1. The minimum absolute atomic E-state index is 0.0429. The summed E-state index contributed by atoms with van der Waals surface area (Å²) in [7, 11) is 0. The Hall–Kier alpha value is -3.63. The zero-order valence-electron chi connectivity index (χ0n) is 18.9. The molecule has 2 N–H and O–H groups in total. The Morgan fingerprint density at radius 3 is 2.74 bits per heavy atom. The van der Waals surface area contributed by atoms with Crippen LogP contribution in [0, 0.1) is 10.1 Å². The van der Waals surface area contributed by atoms with E-state index < -0.39 is 10.8 Å². The van der Waals surface area contributed by atoms with Crippen LogP contribution in [-0.4, -0.2) is 20.9 Å². The first-order chi connectivity index (χ1) is 16.7. The highest BCUT2D eigenvalue weighted by Crippen LogP contribution is 2.29. The fourth-order valence-electron chi connectivity index (χ4n) is 3.47. The fraction of sp³-hybridized carbons (Fsp3) is 0.160. The quantitative estimate of drug-likeness (QED) is 0.153. The first-order valence-corrected chi connectivity index (χ1v) is 12.0. The molecule has 178 valence electrons. The highest BCUT2D eigenvalue weighted by molar-refractivity contribution is 9.10. The van der Waals surface area contributed by atoms with Gasteiger partial charge in [0.05, 0.1) is 10.5 Å². The molecule has 35 heavy (non-hydrogen) atoms. The van der Waals surface area contributed by atoms with Gasteiger partial charge in [-0.1, -0.05) is 26.0 Å². The number of carbonyl (C=O) groups is 1. The molecular formula is C25H21BrN4O4S. The van der Waals surface area contributed by atoms with Crippen molar-refractivity contribution in [3.8, 4) is 11.5 Å². The van der Waals surface area contributed by atoms with Crippen molar-refractivity contribution in [2.75, 3.05) is 5.32 Å². The molecule has 0 spiro atoms. The Balaban J connectivity index is 1.50. The average molecular weight is 553 g/mol. The Kier molecular flexibility index (Phi) is 7.23. The maximum atomic E-state index is 12.6. The number of oxazole rings is 1. The van der Waals surface area contributed by atoms with Gasteiger partial charge in [0.15, 0.2) is 10.7 Å². The summed E-state index contributed by atoms with van der Waals surface area (Å²) in [6.07, 6.45) is 1.04. The van der Waals surface area contributed by atoms with E-state index in [0.717, 1.165) is 17.5 Å². The van der Waals surface area contributed by atoms with Crippen LogP contribution in [0.1, 0.15) is 42.1 Å². The summed E-state index contributed by atoms with van der Waals surface area (Å²) >= 11 is 8.51. The summed E-state index contributed by atoms with van der Waals surface area (Å²) in [6.45, 7) is 4.33. The third-order valence-corrected chi connectivity index (χ3v) is 6.49. The molecule has 4 aromatic rings.